The number of aryl methyl sites for hydroxylation is 2. The summed E-state index contributed by atoms with van der Waals surface area (Å²) in [5, 5.41) is 4.71. The topological polar surface area (TPSA) is 54.9 Å². The molecule has 2 aliphatic heterocycles. The van der Waals surface area contributed by atoms with Crippen molar-refractivity contribution in [3.8, 4) is 5.75 Å². The van der Waals surface area contributed by atoms with E-state index in [1.807, 2.05) is 22.4 Å². The molecule has 2 aromatic rings. The van der Waals surface area contributed by atoms with Crippen molar-refractivity contribution in [1.29, 1.82) is 0 Å². The van der Waals surface area contributed by atoms with Crippen molar-refractivity contribution in [2.24, 2.45) is 7.05 Å². The van der Waals surface area contributed by atoms with Gasteiger partial charge >= 0.3 is 0 Å². The van der Waals surface area contributed by atoms with E-state index < -0.39 is 0 Å². The number of piperidine rings is 1. The van der Waals surface area contributed by atoms with Gasteiger partial charge in [0.1, 0.15) is 12.4 Å². The van der Waals surface area contributed by atoms with Crippen LogP contribution in [0.25, 0.3) is 0 Å². The normalized spacial score (nSPS) is 19.4. The Hall–Kier alpha value is -1.74. The average Bonchev–Trinajstić information content (AvgIpc) is 3.25. The number of nitrogens with one attached hydrogen (secondary N) is 1. The lowest BCUT2D eigenvalue weighted by atomic mass is 10.0. The highest BCUT2D eigenvalue weighted by molar-refractivity contribution is 7.71. The van der Waals surface area contributed by atoms with E-state index in [9.17, 15) is 0 Å². The Morgan fingerprint density at radius 3 is 2.57 bits per heavy atom. The lowest BCUT2D eigenvalue weighted by Crippen LogP contribution is -3.13. The van der Waals surface area contributed by atoms with Crippen LogP contribution in [0, 0.1) is 18.6 Å². The van der Waals surface area contributed by atoms with Crippen LogP contribution in [-0.4, -0.2) is 46.4 Å². The smallest absolute Gasteiger partial charge is 0.202 e. The summed E-state index contributed by atoms with van der Waals surface area (Å²) in [6, 6.07) is 6.13. The van der Waals surface area contributed by atoms with Crippen LogP contribution < -0.4 is 9.64 Å². The van der Waals surface area contributed by atoms with E-state index in [1.54, 1.807) is 0 Å². The van der Waals surface area contributed by atoms with Crippen LogP contribution in [0.3, 0.4) is 0 Å². The molecule has 2 aliphatic rings. The van der Waals surface area contributed by atoms with Gasteiger partial charge in [-0.1, -0.05) is 6.07 Å². The minimum atomic E-state index is -0.333. The number of hydrogen-bond acceptors (Lipinski definition) is 5. The summed E-state index contributed by atoms with van der Waals surface area (Å²) in [6.07, 6.45) is 1.84. The van der Waals surface area contributed by atoms with Crippen LogP contribution >= 0.6 is 12.2 Å². The molecule has 1 aromatic carbocycles. The van der Waals surface area contributed by atoms with Crippen LogP contribution in [0.15, 0.2) is 18.2 Å². The Bertz CT molecular complexity index is 891. The van der Waals surface area contributed by atoms with Gasteiger partial charge in [-0.25, -0.2) is 0 Å². The molecule has 0 bridgehead atoms. The second kappa shape index (κ2) is 7.94. The zero-order valence-corrected chi connectivity index (χ0v) is 17.7. The fraction of sp³-hybridized carbons (Fsp3) is 0.600. The third-order valence-corrected chi connectivity index (χ3v) is 6.37. The number of benzene rings is 1. The molecule has 0 amide bonds. The molecular weight excluding hydrogens is 376 g/mol. The summed E-state index contributed by atoms with van der Waals surface area (Å²) in [5.74, 6) is 1.35. The standard InChI is InChI=1S/C20H28N4O3S/c1-15-4-5-17(12-16(15)2)25-13-18-21-24(19(28)22(18)3)14-23-8-6-20(7-9-23)26-10-11-27-20/h4-5,12H,6-11,13-14H2,1-3H3/p+1. The summed E-state index contributed by atoms with van der Waals surface area (Å²) in [4.78, 5) is 1.44. The molecule has 0 saturated carbocycles. The summed E-state index contributed by atoms with van der Waals surface area (Å²) in [6.45, 7) is 8.75. The number of aromatic nitrogens is 3. The first-order valence-corrected chi connectivity index (χ1v) is 10.3. The molecule has 1 spiro atoms. The van der Waals surface area contributed by atoms with E-state index >= 15 is 0 Å². The van der Waals surface area contributed by atoms with E-state index in [4.69, 9.17) is 31.5 Å². The van der Waals surface area contributed by atoms with Crippen molar-refractivity contribution in [3.63, 3.8) is 0 Å². The molecule has 1 aromatic heterocycles. The van der Waals surface area contributed by atoms with Crippen molar-refractivity contribution in [2.75, 3.05) is 26.3 Å². The van der Waals surface area contributed by atoms with Gasteiger partial charge in [0.05, 0.1) is 39.1 Å². The summed E-state index contributed by atoms with van der Waals surface area (Å²) < 4.78 is 22.2. The molecule has 2 saturated heterocycles. The van der Waals surface area contributed by atoms with Crippen molar-refractivity contribution in [2.45, 2.75) is 45.8 Å². The van der Waals surface area contributed by atoms with E-state index in [0.717, 1.165) is 48.9 Å². The van der Waals surface area contributed by atoms with Gasteiger partial charge in [-0.3, -0.25) is 0 Å². The lowest BCUT2D eigenvalue weighted by Gasteiger charge is -2.34. The largest absolute Gasteiger partial charge is 0.486 e. The molecule has 4 rings (SSSR count). The monoisotopic (exact) mass is 405 g/mol. The Morgan fingerprint density at radius 2 is 1.89 bits per heavy atom. The van der Waals surface area contributed by atoms with Gasteiger partial charge in [0.15, 0.2) is 18.3 Å². The van der Waals surface area contributed by atoms with Crippen molar-refractivity contribution in [3.05, 3.63) is 39.9 Å². The molecular formula is C20H29N4O3S+. The Kier molecular flexibility index (Phi) is 5.55. The molecule has 0 unspecified atom stereocenters. The SMILES string of the molecule is Cc1ccc(OCc2nn(C[NH+]3CCC4(CC3)OCCO4)c(=S)n2C)cc1C. The number of hydrogen-bond donors (Lipinski definition) is 1. The number of nitrogens with zero attached hydrogens (tertiary/aromatic N) is 3. The Balaban J connectivity index is 1.38. The Morgan fingerprint density at radius 1 is 1.18 bits per heavy atom. The van der Waals surface area contributed by atoms with Crippen molar-refractivity contribution in [1.82, 2.24) is 14.3 Å². The number of likely N-dealkylation sites (tertiary alicyclic amines) is 1. The predicted octanol–water partition coefficient (Wildman–Crippen LogP) is 1.53. The van der Waals surface area contributed by atoms with E-state index in [1.165, 1.54) is 16.0 Å². The van der Waals surface area contributed by atoms with Crippen LogP contribution in [0.1, 0.15) is 29.8 Å². The first kappa shape index (κ1) is 19.6. The summed E-state index contributed by atoms with van der Waals surface area (Å²) in [5.41, 5.74) is 2.48. The van der Waals surface area contributed by atoms with Crippen LogP contribution in [0.2, 0.25) is 0 Å². The highest BCUT2D eigenvalue weighted by Gasteiger charge is 2.41. The predicted molar refractivity (Wildman–Crippen MR) is 107 cm³/mol. The maximum atomic E-state index is 5.95. The fourth-order valence-electron chi connectivity index (χ4n) is 3.85. The number of rotatable bonds is 5. The van der Waals surface area contributed by atoms with Gasteiger partial charge in [-0.15, -0.1) is 5.10 Å². The van der Waals surface area contributed by atoms with E-state index in [-0.39, 0.29) is 5.79 Å². The third kappa shape index (κ3) is 4.00. The van der Waals surface area contributed by atoms with Crippen LogP contribution in [0.5, 0.6) is 5.75 Å². The molecule has 0 atom stereocenters. The number of ether oxygens (including phenoxy) is 3. The second-order valence-corrected chi connectivity index (χ2v) is 8.17. The zero-order chi connectivity index (χ0) is 19.7. The summed E-state index contributed by atoms with van der Waals surface area (Å²) >= 11 is 5.60. The van der Waals surface area contributed by atoms with Crippen molar-refractivity contribution < 1.29 is 19.1 Å². The number of quaternary nitrogens is 1. The highest BCUT2D eigenvalue weighted by Crippen LogP contribution is 2.27. The fourth-order valence-corrected chi connectivity index (χ4v) is 4.06. The molecule has 7 nitrogen and oxygen atoms in total. The summed E-state index contributed by atoms with van der Waals surface area (Å²) in [7, 11) is 1.95. The maximum absolute atomic E-state index is 5.95. The van der Waals surface area contributed by atoms with Crippen LogP contribution in [0.4, 0.5) is 0 Å². The molecule has 3 heterocycles. The molecule has 1 N–H and O–H groups in total. The molecule has 152 valence electrons. The minimum absolute atomic E-state index is 0.333. The average molecular weight is 406 g/mol. The first-order valence-electron chi connectivity index (χ1n) is 9.90. The molecule has 8 heteroatoms. The van der Waals surface area contributed by atoms with Gasteiger partial charge in [0.25, 0.3) is 0 Å². The maximum Gasteiger partial charge on any atom is 0.202 e. The van der Waals surface area contributed by atoms with Gasteiger partial charge in [0.2, 0.25) is 4.77 Å². The second-order valence-electron chi connectivity index (χ2n) is 7.81. The quantitative estimate of drug-likeness (QED) is 0.765. The van der Waals surface area contributed by atoms with E-state index in [2.05, 4.69) is 26.0 Å². The minimum Gasteiger partial charge on any atom is -0.486 e. The van der Waals surface area contributed by atoms with Gasteiger partial charge in [-0.2, -0.15) is 4.68 Å². The van der Waals surface area contributed by atoms with Crippen LogP contribution in [-0.2, 0) is 29.8 Å². The highest BCUT2D eigenvalue weighted by atomic mass is 32.1. The molecule has 0 aliphatic carbocycles. The first-order chi connectivity index (χ1) is 13.5. The lowest BCUT2D eigenvalue weighted by molar-refractivity contribution is -0.931. The third-order valence-electron chi connectivity index (χ3n) is 5.88. The van der Waals surface area contributed by atoms with Gasteiger partial charge in [-0.05, 0) is 49.3 Å². The molecule has 28 heavy (non-hydrogen) atoms. The Labute approximate surface area is 170 Å². The zero-order valence-electron chi connectivity index (χ0n) is 16.9. The van der Waals surface area contributed by atoms with E-state index in [0.29, 0.717) is 19.8 Å². The molecule has 2 fully saturated rings. The van der Waals surface area contributed by atoms with Gasteiger partial charge < -0.3 is 23.7 Å². The van der Waals surface area contributed by atoms with Gasteiger partial charge in [0, 0.05) is 7.05 Å². The molecule has 0 radical (unpaired) electrons. The van der Waals surface area contributed by atoms with Crippen molar-refractivity contribution >= 4 is 12.2 Å².